The molecule has 1 unspecified atom stereocenters. The molecule has 0 aromatic heterocycles. The van der Waals surface area contributed by atoms with E-state index in [0.717, 1.165) is 11.1 Å². The second-order valence-corrected chi connectivity index (χ2v) is 5.26. The maximum Gasteiger partial charge on any atom is 0.288 e. The normalized spacial score (nSPS) is 12.0. The van der Waals surface area contributed by atoms with Gasteiger partial charge in [0, 0.05) is 17.3 Å². The van der Waals surface area contributed by atoms with Crippen LogP contribution in [0.4, 0.5) is 11.4 Å². The van der Waals surface area contributed by atoms with E-state index < -0.39 is 4.92 Å². The summed E-state index contributed by atoms with van der Waals surface area (Å²) in [6.07, 6.45) is 0. The Balaban J connectivity index is 2.21. The summed E-state index contributed by atoms with van der Waals surface area (Å²) in [5.74, 6) is 0.211. The van der Waals surface area contributed by atoms with Crippen molar-refractivity contribution in [3.8, 4) is 5.75 Å². The van der Waals surface area contributed by atoms with Crippen molar-refractivity contribution >= 4 is 23.0 Å². The van der Waals surface area contributed by atoms with Crippen molar-refractivity contribution in [2.75, 3.05) is 5.32 Å². The summed E-state index contributed by atoms with van der Waals surface area (Å²) in [5, 5.41) is 23.9. The quantitative estimate of drug-likeness (QED) is 0.647. The number of nitro benzene ring substituents is 1. The average Bonchev–Trinajstić information content (AvgIpc) is 2.37. The highest BCUT2D eigenvalue weighted by atomic mass is 35.5. The zero-order chi connectivity index (χ0) is 15.6. The van der Waals surface area contributed by atoms with Gasteiger partial charge in [0.15, 0.2) is 0 Å². The number of phenolic OH excluding ortho intramolecular Hbond substituents is 1. The van der Waals surface area contributed by atoms with Gasteiger partial charge in [-0.05, 0) is 37.6 Å². The van der Waals surface area contributed by atoms with E-state index in [1.807, 2.05) is 26.0 Å². The number of rotatable bonds is 4. The van der Waals surface area contributed by atoms with Gasteiger partial charge < -0.3 is 10.4 Å². The van der Waals surface area contributed by atoms with Crippen molar-refractivity contribution in [1.82, 2.24) is 0 Å². The number of halogens is 1. The lowest BCUT2D eigenvalue weighted by molar-refractivity contribution is -0.384. The van der Waals surface area contributed by atoms with Crippen molar-refractivity contribution in [2.45, 2.75) is 19.9 Å². The fraction of sp³-hybridized carbons (Fsp3) is 0.200. The third-order valence-electron chi connectivity index (χ3n) is 3.18. The fourth-order valence-electron chi connectivity index (χ4n) is 2.09. The number of anilines is 1. The second kappa shape index (κ2) is 6.01. The average molecular weight is 307 g/mol. The molecule has 0 spiro atoms. The van der Waals surface area contributed by atoms with Gasteiger partial charge in [0.25, 0.3) is 5.69 Å². The predicted octanol–water partition coefficient (Wildman–Crippen LogP) is 4.44. The lowest BCUT2D eigenvalue weighted by atomic mass is 10.0. The van der Waals surface area contributed by atoms with E-state index in [1.54, 1.807) is 12.1 Å². The minimum atomic E-state index is -0.526. The van der Waals surface area contributed by atoms with Gasteiger partial charge in [-0.25, -0.2) is 0 Å². The van der Waals surface area contributed by atoms with Crippen LogP contribution in [0.5, 0.6) is 5.75 Å². The molecule has 6 heteroatoms. The van der Waals surface area contributed by atoms with Crippen LogP contribution in [0.1, 0.15) is 24.1 Å². The van der Waals surface area contributed by atoms with Crippen LogP contribution in [0.3, 0.4) is 0 Å². The summed E-state index contributed by atoms with van der Waals surface area (Å²) in [5.41, 5.74) is 2.24. The topological polar surface area (TPSA) is 75.4 Å². The van der Waals surface area contributed by atoms with Crippen molar-refractivity contribution in [1.29, 1.82) is 0 Å². The molecule has 0 radical (unpaired) electrons. The number of benzene rings is 2. The van der Waals surface area contributed by atoms with Crippen molar-refractivity contribution in [2.24, 2.45) is 0 Å². The van der Waals surface area contributed by atoms with Gasteiger partial charge in [-0.15, -0.1) is 0 Å². The summed E-state index contributed by atoms with van der Waals surface area (Å²) in [4.78, 5) is 10.2. The van der Waals surface area contributed by atoms with Crippen LogP contribution in [0, 0.1) is 17.0 Å². The van der Waals surface area contributed by atoms with E-state index in [0.29, 0.717) is 5.69 Å². The molecule has 0 bridgehead atoms. The SMILES string of the molecule is Cc1ccc(C(C)Nc2ccc([N+](=O)[O-])c(Cl)c2)c(O)c1. The zero-order valence-electron chi connectivity index (χ0n) is 11.6. The molecule has 0 saturated carbocycles. The predicted molar refractivity (Wildman–Crippen MR) is 83.0 cm³/mol. The molecule has 0 amide bonds. The van der Waals surface area contributed by atoms with Crippen LogP contribution in [0.2, 0.25) is 5.02 Å². The molecule has 0 fully saturated rings. The number of nitrogens with one attached hydrogen (secondary N) is 1. The molecule has 0 saturated heterocycles. The minimum Gasteiger partial charge on any atom is -0.508 e. The van der Waals surface area contributed by atoms with Crippen molar-refractivity contribution in [3.05, 3.63) is 62.7 Å². The molecule has 0 aliphatic heterocycles. The number of nitro groups is 1. The second-order valence-electron chi connectivity index (χ2n) is 4.85. The van der Waals surface area contributed by atoms with Crippen LogP contribution in [-0.2, 0) is 0 Å². The Kier molecular flexibility index (Phi) is 4.33. The maximum atomic E-state index is 10.7. The molecular formula is C15H15ClN2O3. The number of aromatic hydroxyl groups is 1. The number of hydrogen-bond acceptors (Lipinski definition) is 4. The summed E-state index contributed by atoms with van der Waals surface area (Å²) in [6, 6.07) is 9.73. The third-order valence-corrected chi connectivity index (χ3v) is 3.48. The highest BCUT2D eigenvalue weighted by Crippen LogP contribution is 2.31. The smallest absolute Gasteiger partial charge is 0.288 e. The maximum absolute atomic E-state index is 10.7. The molecule has 2 aromatic carbocycles. The van der Waals surface area contributed by atoms with Crippen LogP contribution < -0.4 is 5.32 Å². The molecular weight excluding hydrogens is 292 g/mol. The first-order valence-corrected chi connectivity index (χ1v) is 6.76. The van der Waals surface area contributed by atoms with E-state index in [9.17, 15) is 15.2 Å². The van der Waals surface area contributed by atoms with E-state index in [1.165, 1.54) is 12.1 Å². The summed E-state index contributed by atoms with van der Waals surface area (Å²) in [6.45, 7) is 3.79. The molecule has 0 aliphatic rings. The Morgan fingerprint density at radius 3 is 2.57 bits per heavy atom. The molecule has 2 rings (SSSR count). The van der Waals surface area contributed by atoms with Gasteiger partial charge in [0.2, 0.25) is 0 Å². The summed E-state index contributed by atoms with van der Waals surface area (Å²) < 4.78 is 0. The van der Waals surface area contributed by atoms with Gasteiger partial charge in [-0.2, -0.15) is 0 Å². The number of phenols is 1. The van der Waals surface area contributed by atoms with Crippen LogP contribution >= 0.6 is 11.6 Å². The standard InChI is InChI=1S/C15H15ClN2O3/c1-9-3-5-12(15(19)7-9)10(2)17-11-4-6-14(18(20)21)13(16)8-11/h3-8,10,17,19H,1-2H3. The van der Waals surface area contributed by atoms with Gasteiger partial charge >= 0.3 is 0 Å². The Bertz CT molecular complexity index is 689. The van der Waals surface area contributed by atoms with E-state index in [2.05, 4.69) is 5.32 Å². The number of hydrogen-bond donors (Lipinski definition) is 2. The summed E-state index contributed by atoms with van der Waals surface area (Å²) in [7, 11) is 0. The van der Waals surface area contributed by atoms with Crippen molar-refractivity contribution < 1.29 is 10.0 Å². The largest absolute Gasteiger partial charge is 0.508 e. The third kappa shape index (κ3) is 3.44. The highest BCUT2D eigenvalue weighted by molar-refractivity contribution is 6.32. The first-order chi connectivity index (χ1) is 9.88. The molecule has 110 valence electrons. The van der Waals surface area contributed by atoms with Gasteiger partial charge in [-0.1, -0.05) is 23.7 Å². The first-order valence-electron chi connectivity index (χ1n) is 6.38. The van der Waals surface area contributed by atoms with Crippen LogP contribution in [0.15, 0.2) is 36.4 Å². The first kappa shape index (κ1) is 15.1. The van der Waals surface area contributed by atoms with Gasteiger partial charge in [0.1, 0.15) is 10.8 Å². The molecule has 21 heavy (non-hydrogen) atoms. The molecule has 2 N–H and O–H groups in total. The van der Waals surface area contributed by atoms with Crippen LogP contribution in [0.25, 0.3) is 0 Å². The Hall–Kier alpha value is -2.27. The van der Waals surface area contributed by atoms with E-state index >= 15 is 0 Å². The lowest BCUT2D eigenvalue weighted by Gasteiger charge is -2.17. The fourth-order valence-corrected chi connectivity index (χ4v) is 2.34. The molecule has 1 atom stereocenters. The van der Waals surface area contributed by atoms with Crippen LogP contribution in [-0.4, -0.2) is 10.0 Å². The highest BCUT2D eigenvalue weighted by Gasteiger charge is 2.14. The molecule has 0 heterocycles. The van der Waals surface area contributed by atoms with E-state index in [4.69, 9.17) is 11.6 Å². The summed E-state index contributed by atoms with van der Waals surface area (Å²) >= 11 is 5.87. The van der Waals surface area contributed by atoms with E-state index in [-0.39, 0.29) is 22.5 Å². The molecule has 5 nitrogen and oxygen atoms in total. The van der Waals surface area contributed by atoms with Gasteiger partial charge in [-0.3, -0.25) is 10.1 Å². The molecule has 2 aromatic rings. The monoisotopic (exact) mass is 306 g/mol. The number of nitrogens with zero attached hydrogens (tertiary/aromatic N) is 1. The lowest BCUT2D eigenvalue weighted by Crippen LogP contribution is -2.07. The Morgan fingerprint density at radius 1 is 1.29 bits per heavy atom. The molecule has 0 aliphatic carbocycles. The minimum absolute atomic E-state index is 0.0744. The van der Waals surface area contributed by atoms with Gasteiger partial charge in [0.05, 0.1) is 11.0 Å². The Labute approximate surface area is 127 Å². The zero-order valence-corrected chi connectivity index (χ0v) is 12.4. The van der Waals surface area contributed by atoms with Crippen molar-refractivity contribution in [3.63, 3.8) is 0 Å². The number of aryl methyl sites for hydroxylation is 1. The Morgan fingerprint density at radius 2 is 2.00 bits per heavy atom.